The average molecular weight is 322 g/mol. The molecule has 1 heterocycles. The number of likely N-dealkylation sites (N-methyl/N-ethyl adjacent to an activating group) is 1. The standard InChI is InChI=1S/C21H26N2O/c1-22(16-17-23-14-8-9-15-23)21(24)20(18-10-4-2-5-11-18)19-12-6-3-7-13-19/h2-7,10-13,20H,8-9,14-17H2,1H3. The summed E-state index contributed by atoms with van der Waals surface area (Å²) in [7, 11) is 1.93. The van der Waals surface area contributed by atoms with Gasteiger partial charge in [-0.15, -0.1) is 0 Å². The molecule has 1 saturated heterocycles. The molecule has 0 unspecified atom stereocenters. The van der Waals surface area contributed by atoms with E-state index >= 15 is 0 Å². The van der Waals surface area contributed by atoms with Crippen molar-refractivity contribution < 1.29 is 4.79 Å². The summed E-state index contributed by atoms with van der Waals surface area (Å²) < 4.78 is 0. The molecular weight excluding hydrogens is 296 g/mol. The Hall–Kier alpha value is -2.13. The molecule has 3 nitrogen and oxygen atoms in total. The lowest BCUT2D eigenvalue weighted by molar-refractivity contribution is -0.130. The fraction of sp³-hybridized carbons (Fsp3) is 0.381. The van der Waals surface area contributed by atoms with Gasteiger partial charge in [-0.25, -0.2) is 0 Å². The lowest BCUT2D eigenvalue weighted by Gasteiger charge is -2.26. The normalized spacial score (nSPS) is 14.9. The summed E-state index contributed by atoms with van der Waals surface area (Å²) in [4.78, 5) is 17.5. The molecule has 1 aliphatic rings. The fourth-order valence-electron chi connectivity index (χ4n) is 3.40. The molecule has 1 amide bonds. The van der Waals surface area contributed by atoms with Crippen molar-refractivity contribution in [1.82, 2.24) is 9.80 Å². The van der Waals surface area contributed by atoms with E-state index in [0.717, 1.165) is 24.2 Å². The summed E-state index contributed by atoms with van der Waals surface area (Å²) >= 11 is 0. The van der Waals surface area contributed by atoms with Crippen LogP contribution in [0.4, 0.5) is 0 Å². The molecule has 2 aromatic rings. The quantitative estimate of drug-likeness (QED) is 0.814. The average Bonchev–Trinajstić information content (AvgIpc) is 3.15. The molecular formula is C21H26N2O. The molecule has 1 aliphatic heterocycles. The SMILES string of the molecule is CN(CCN1CCCC1)C(=O)C(c1ccccc1)c1ccccc1. The van der Waals surface area contributed by atoms with Gasteiger partial charge in [0.1, 0.15) is 0 Å². The van der Waals surface area contributed by atoms with Crippen LogP contribution in [0.25, 0.3) is 0 Å². The van der Waals surface area contributed by atoms with Crippen molar-refractivity contribution in [2.24, 2.45) is 0 Å². The number of hydrogen-bond donors (Lipinski definition) is 0. The van der Waals surface area contributed by atoms with E-state index < -0.39 is 0 Å². The van der Waals surface area contributed by atoms with Crippen LogP contribution in [0, 0.1) is 0 Å². The maximum absolute atomic E-state index is 13.2. The van der Waals surface area contributed by atoms with Crippen molar-refractivity contribution in [3.05, 3.63) is 71.8 Å². The Morgan fingerprint density at radius 2 is 1.46 bits per heavy atom. The molecule has 0 aliphatic carbocycles. The maximum atomic E-state index is 13.2. The number of benzene rings is 2. The lowest BCUT2D eigenvalue weighted by atomic mass is 9.90. The lowest BCUT2D eigenvalue weighted by Crippen LogP contribution is -2.38. The molecule has 0 saturated carbocycles. The minimum absolute atomic E-state index is 0.173. The highest BCUT2D eigenvalue weighted by atomic mass is 16.2. The molecule has 0 spiro atoms. The highest BCUT2D eigenvalue weighted by molar-refractivity contribution is 5.87. The summed E-state index contributed by atoms with van der Waals surface area (Å²) in [5, 5.41) is 0. The summed E-state index contributed by atoms with van der Waals surface area (Å²) in [5.74, 6) is -0.0532. The molecule has 0 N–H and O–H groups in total. The van der Waals surface area contributed by atoms with Crippen LogP contribution >= 0.6 is 0 Å². The third kappa shape index (κ3) is 4.04. The Labute approximate surface area is 144 Å². The molecule has 3 heteroatoms. The van der Waals surface area contributed by atoms with E-state index in [1.54, 1.807) is 0 Å². The first-order chi connectivity index (χ1) is 11.8. The number of hydrogen-bond acceptors (Lipinski definition) is 2. The molecule has 0 atom stereocenters. The summed E-state index contributed by atoms with van der Waals surface area (Å²) in [5.41, 5.74) is 2.11. The largest absolute Gasteiger partial charge is 0.344 e. The van der Waals surface area contributed by atoms with Crippen LogP contribution in [0.1, 0.15) is 29.9 Å². The summed E-state index contributed by atoms with van der Waals surface area (Å²) in [6.07, 6.45) is 2.57. The monoisotopic (exact) mass is 322 g/mol. The number of carbonyl (C=O) groups excluding carboxylic acids is 1. The Kier molecular flexibility index (Phi) is 5.65. The van der Waals surface area contributed by atoms with Crippen molar-refractivity contribution in [1.29, 1.82) is 0 Å². The number of nitrogens with zero attached hydrogens (tertiary/aromatic N) is 2. The molecule has 0 bridgehead atoms. The molecule has 3 rings (SSSR count). The van der Waals surface area contributed by atoms with Gasteiger partial charge in [-0.2, -0.15) is 0 Å². The van der Waals surface area contributed by atoms with Crippen LogP contribution in [0.5, 0.6) is 0 Å². The van der Waals surface area contributed by atoms with Gasteiger partial charge >= 0.3 is 0 Å². The van der Waals surface area contributed by atoms with E-state index in [-0.39, 0.29) is 11.8 Å². The summed E-state index contributed by atoms with van der Waals surface area (Å²) in [6.45, 7) is 4.10. The highest BCUT2D eigenvalue weighted by Gasteiger charge is 2.25. The van der Waals surface area contributed by atoms with E-state index in [0.29, 0.717) is 0 Å². The number of likely N-dealkylation sites (tertiary alicyclic amines) is 1. The maximum Gasteiger partial charge on any atom is 0.234 e. The first-order valence-electron chi connectivity index (χ1n) is 8.83. The highest BCUT2D eigenvalue weighted by Crippen LogP contribution is 2.26. The summed E-state index contributed by atoms with van der Waals surface area (Å²) in [6, 6.07) is 20.2. The van der Waals surface area contributed by atoms with Crippen LogP contribution in [0.3, 0.4) is 0 Å². The van der Waals surface area contributed by atoms with Gasteiger partial charge in [-0.05, 0) is 37.1 Å². The van der Waals surface area contributed by atoms with Crippen LogP contribution in [-0.2, 0) is 4.79 Å². The van der Waals surface area contributed by atoms with E-state index in [1.165, 1.54) is 25.9 Å². The number of rotatable bonds is 6. The second kappa shape index (κ2) is 8.11. The topological polar surface area (TPSA) is 23.6 Å². The molecule has 2 aromatic carbocycles. The predicted molar refractivity (Wildman–Crippen MR) is 98.0 cm³/mol. The fourth-order valence-corrected chi connectivity index (χ4v) is 3.40. The minimum atomic E-state index is -0.226. The van der Waals surface area contributed by atoms with E-state index in [9.17, 15) is 4.79 Å². The Morgan fingerprint density at radius 3 is 1.96 bits per heavy atom. The van der Waals surface area contributed by atoms with E-state index in [2.05, 4.69) is 4.90 Å². The first-order valence-corrected chi connectivity index (χ1v) is 8.83. The van der Waals surface area contributed by atoms with Crippen molar-refractivity contribution in [2.75, 3.05) is 33.2 Å². The Balaban J connectivity index is 1.75. The second-order valence-electron chi connectivity index (χ2n) is 6.56. The molecule has 1 fully saturated rings. The predicted octanol–water partition coefficient (Wildman–Crippen LogP) is 3.37. The van der Waals surface area contributed by atoms with Gasteiger partial charge in [-0.1, -0.05) is 60.7 Å². The number of amides is 1. The third-order valence-electron chi connectivity index (χ3n) is 4.84. The van der Waals surface area contributed by atoms with E-state index in [4.69, 9.17) is 0 Å². The van der Waals surface area contributed by atoms with Crippen molar-refractivity contribution in [3.63, 3.8) is 0 Å². The smallest absolute Gasteiger partial charge is 0.234 e. The van der Waals surface area contributed by atoms with Crippen molar-refractivity contribution in [3.8, 4) is 0 Å². The zero-order valence-corrected chi connectivity index (χ0v) is 14.4. The third-order valence-corrected chi connectivity index (χ3v) is 4.84. The molecule has 126 valence electrons. The van der Waals surface area contributed by atoms with Gasteiger partial charge in [0.2, 0.25) is 5.91 Å². The minimum Gasteiger partial charge on any atom is -0.344 e. The van der Waals surface area contributed by atoms with Crippen molar-refractivity contribution >= 4 is 5.91 Å². The second-order valence-corrected chi connectivity index (χ2v) is 6.56. The Bertz CT molecular complexity index is 596. The zero-order chi connectivity index (χ0) is 16.8. The van der Waals surface area contributed by atoms with Gasteiger partial charge in [0.15, 0.2) is 0 Å². The van der Waals surface area contributed by atoms with Crippen LogP contribution in [-0.4, -0.2) is 48.9 Å². The van der Waals surface area contributed by atoms with Crippen molar-refractivity contribution in [2.45, 2.75) is 18.8 Å². The van der Waals surface area contributed by atoms with E-state index in [1.807, 2.05) is 72.6 Å². The number of carbonyl (C=O) groups is 1. The molecule has 0 aromatic heterocycles. The zero-order valence-electron chi connectivity index (χ0n) is 14.4. The first kappa shape index (κ1) is 16.7. The molecule has 0 radical (unpaired) electrons. The van der Waals surface area contributed by atoms with Gasteiger partial charge in [0.25, 0.3) is 0 Å². The van der Waals surface area contributed by atoms with Crippen LogP contribution in [0.2, 0.25) is 0 Å². The molecule has 24 heavy (non-hydrogen) atoms. The van der Waals surface area contributed by atoms with Gasteiger partial charge in [0, 0.05) is 20.1 Å². The Morgan fingerprint density at radius 1 is 0.958 bits per heavy atom. The van der Waals surface area contributed by atoms with Gasteiger partial charge in [0.05, 0.1) is 5.92 Å². The van der Waals surface area contributed by atoms with Gasteiger partial charge in [-0.3, -0.25) is 4.79 Å². The van der Waals surface area contributed by atoms with Crippen LogP contribution < -0.4 is 0 Å². The van der Waals surface area contributed by atoms with Crippen LogP contribution in [0.15, 0.2) is 60.7 Å². The van der Waals surface area contributed by atoms with Gasteiger partial charge < -0.3 is 9.80 Å².